The summed E-state index contributed by atoms with van der Waals surface area (Å²) in [5.74, 6) is 1.24. The van der Waals surface area contributed by atoms with Gasteiger partial charge in [-0.3, -0.25) is 0 Å². The van der Waals surface area contributed by atoms with E-state index in [2.05, 4.69) is 0 Å². The molecule has 0 heterocycles. The molecule has 2 aromatic carbocycles. The lowest BCUT2D eigenvalue weighted by Crippen LogP contribution is -2.14. The van der Waals surface area contributed by atoms with E-state index in [0.717, 1.165) is 23.3 Å². The van der Waals surface area contributed by atoms with Crippen molar-refractivity contribution in [2.45, 2.75) is 25.6 Å². The van der Waals surface area contributed by atoms with Gasteiger partial charge in [-0.25, -0.2) is 8.78 Å². The molecule has 0 aliphatic rings. The minimum Gasteiger partial charge on any atom is -0.491 e. The van der Waals surface area contributed by atoms with Gasteiger partial charge in [0.05, 0.1) is 6.10 Å². The van der Waals surface area contributed by atoms with Crippen LogP contribution in [-0.4, -0.2) is 37.3 Å². The zero-order valence-electron chi connectivity index (χ0n) is 13.6. The number of benzene rings is 2. The number of rotatable bonds is 9. The van der Waals surface area contributed by atoms with Crippen LogP contribution in [0.25, 0.3) is 0 Å². The minimum absolute atomic E-state index is 0.267. The van der Waals surface area contributed by atoms with Crippen LogP contribution < -0.4 is 9.47 Å². The van der Waals surface area contributed by atoms with Crippen LogP contribution in [0.3, 0.4) is 0 Å². The third-order valence-electron chi connectivity index (χ3n) is 3.34. The number of aliphatic hydroxyl groups is 1. The van der Waals surface area contributed by atoms with Crippen molar-refractivity contribution in [3.63, 3.8) is 0 Å². The summed E-state index contributed by atoms with van der Waals surface area (Å²) in [6.45, 7) is 0.634. The Morgan fingerprint density at radius 3 is 1.75 bits per heavy atom. The van der Waals surface area contributed by atoms with Crippen molar-refractivity contribution in [1.82, 2.24) is 0 Å². The topological polar surface area (TPSA) is 38.7 Å². The molecule has 0 aliphatic heterocycles. The Hall–Kier alpha value is -2.14. The highest BCUT2D eigenvalue weighted by Gasteiger charge is 2.06. The molecule has 0 aromatic heterocycles. The monoisotopic (exact) mass is 336 g/mol. The van der Waals surface area contributed by atoms with Gasteiger partial charge in [0.25, 0.3) is 0 Å². The first-order chi connectivity index (χ1) is 11.6. The number of aliphatic hydroxyl groups excluding tert-OH is 1. The van der Waals surface area contributed by atoms with E-state index in [1.807, 2.05) is 36.4 Å². The Bertz CT molecular complexity index is 597. The zero-order valence-corrected chi connectivity index (χ0v) is 13.6. The third kappa shape index (κ3) is 6.16. The second-order valence-electron chi connectivity index (χ2n) is 5.69. The summed E-state index contributed by atoms with van der Waals surface area (Å²) in [7, 11) is 0. The number of alkyl halides is 2. The van der Waals surface area contributed by atoms with Gasteiger partial charge in [0, 0.05) is 0 Å². The smallest absolute Gasteiger partial charge is 0.162 e. The van der Waals surface area contributed by atoms with E-state index in [1.165, 1.54) is 0 Å². The van der Waals surface area contributed by atoms with Crippen LogP contribution in [0.1, 0.15) is 18.1 Å². The summed E-state index contributed by atoms with van der Waals surface area (Å²) in [5.41, 5.74) is 2.21. The lowest BCUT2D eigenvalue weighted by molar-refractivity contribution is 0.122. The highest BCUT2D eigenvalue weighted by atomic mass is 19.2. The molecule has 2 aromatic rings. The van der Waals surface area contributed by atoms with Crippen LogP contribution in [0, 0.1) is 0 Å². The van der Waals surface area contributed by atoms with Gasteiger partial charge in [0.15, 0.2) is 6.17 Å². The average molecular weight is 336 g/mol. The van der Waals surface area contributed by atoms with Crippen LogP contribution in [0.5, 0.6) is 11.5 Å². The third-order valence-corrected chi connectivity index (χ3v) is 3.34. The molecular formula is C19H22F2O3. The van der Waals surface area contributed by atoms with Gasteiger partial charge in [-0.05, 0) is 48.7 Å². The quantitative estimate of drug-likeness (QED) is 0.758. The molecule has 0 saturated carbocycles. The summed E-state index contributed by atoms with van der Waals surface area (Å²) < 4.78 is 35.4. The van der Waals surface area contributed by atoms with Crippen molar-refractivity contribution in [2.24, 2.45) is 0 Å². The van der Waals surface area contributed by atoms with Gasteiger partial charge >= 0.3 is 0 Å². The van der Waals surface area contributed by atoms with Gasteiger partial charge in [-0.1, -0.05) is 24.3 Å². The molecule has 0 spiro atoms. The molecule has 0 radical (unpaired) electrons. The highest BCUT2D eigenvalue weighted by Crippen LogP contribution is 2.18. The predicted molar refractivity (Wildman–Crippen MR) is 89.2 cm³/mol. The minimum atomic E-state index is -1.58. The van der Waals surface area contributed by atoms with E-state index in [4.69, 9.17) is 9.47 Å². The molecule has 0 amide bonds. The maximum atomic E-state index is 12.8. The summed E-state index contributed by atoms with van der Waals surface area (Å²) in [6.07, 6.45) is -1.34. The van der Waals surface area contributed by atoms with Crippen molar-refractivity contribution in [3.05, 3.63) is 59.7 Å². The number of hydrogen-bond donors (Lipinski definition) is 1. The summed E-state index contributed by atoms with van der Waals surface area (Å²) in [4.78, 5) is 0. The van der Waals surface area contributed by atoms with Crippen molar-refractivity contribution in [1.29, 1.82) is 0 Å². The Morgan fingerprint density at radius 1 is 0.875 bits per heavy atom. The van der Waals surface area contributed by atoms with Gasteiger partial charge in [0.1, 0.15) is 31.4 Å². The Morgan fingerprint density at radius 2 is 1.33 bits per heavy atom. The molecule has 0 fully saturated rings. The second-order valence-corrected chi connectivity index (χ2v) is 5.69. The molecule has 1 N–H and O–H groups in total. The van der Waals surface area contributed by atoms with Gasteiger partial charge < -0.3 is 14.6 Å². The second kappa shape index (κ2) is 9.23. The maximum absolute atomic E-state index is 12.8. The van der Waals surface area contributed by atoms with E-state index in [-0.39, 0.29) is 13.2 Å². The standard InChI is InChI=1S/C19H22F2O3/c1-14(22)12-23-18-6-2-15(3-7-18)10-16-4-8-19(9-5-16)24-13-17(21)11-20/h2-9,14,17,22H,10-13H2,1H3. The molecule has 5 heteroatoms. The average Bonchev–Trinajstić information content (AvgIpc) is 2.60. The molecule has 24 heavy (non-hydrogen) atoms. The first kappa shape index (κ1) is 18.2. The highest BCUT2D eigenvalue weighted by molar-refractivity contribution is 5.34. The first-order valence-electron chi connectivity index (χ1n) is 7.88. The van der Waals surface area contributed by atoms with Crippen LogP contribution in [-0.2, 0) is 6.42 Å². The van der Waals surface area contributed by atoms with Crippen LogP contribution in [0.15, 0.2) is 48.5 Å². The molecular weight excluding hydrogens is 314 g/mol. The van der Waals surface area contributed by atoms with Crippen LogP contribution in [0.4, 0.5) is 8.78 Å². The van der Waals surface area contributed by atoms with E-state index in [1.54, 1.807) is 19.1 Å². The summed E-state index contributed by atoms with van der Waals surface area (Å²) in [5, 5.41) is 9.19. The summed E-state index contributed by atoms with van der Waals surface area (Å²) >= 11 is 0. The molecule has 130 valence electrons. The molecule has 2 atom stereocenters. The fraction of sp³-hybridized carbons (Fsp3) is 0.368. The van der Waals surface area contributed by atoms with Crippen molar-refractivity contribution < 1.29 is 23.4 Å². The van der Waals surface area contributed by atoms with E-state index in [9.17, 15) is 13.9 Å². The van der Waals surface area contributed by atoms with Crippen molar-refractivity contribution in [3.8, 4) is 11.5 Å². The van der Waals surface area contributed by atoms with Gasteiger partial charge in [-0.15, -0.1) is 0 Å². The Labute approximate surface area is 140 Å². The van der Waals surface area contributed by atoms with Gasteiger partial charge in [-0.2, -0.15) is 0 Å². The lowest BCUT2D eigenvalue weighted by Gasteiger charge is -2.10. The molecule has 2 rings (SSSR count). The molecule has 0 saturated heterocycles. The van der Waals surface area contributed by atoms with E-state index in [0.29, 0.717) is 5.75 Å². The van der Waals surface area contributed by atoms with E-state index < -0.39 is 19.0 Å². The van der Waals surface area contributed by atoms with Crippen LogP contribution in [0.2, 0.25) is 0 Å². The van der Waals surface area contributed by atoms with E-state index >= 15 is 0 Å². The fourth-order valence-electron chi connectivity index (χ4n) is 2.09. The zero-order chi connectivity index (χ0) is 17.4. The predicted octanol–water partition coefficient (Wildman–Crippen LogP) is 3.72. The maximum Gasteiger partial charge on any atom is 0.162 e. The number of halogens is 2. The largest absolute Gasteiger partial charge is 0.491 e. The van der Waals surface area contributed by atoms with Gasteiger partial charge in [0.2, 0.25) is 0 Å². The molecule has 2 unspecified atom stereocenters. The molecule has 0 aliphatic carbocycles. The molecule has 0 bridgehead atoms. The first-order valence-corrected chi connectivity index (χ1v) is 7.88. The van der Waals surface area contributed by atoms with Crippen molar-refractivity contribution >= 4 is 0 Å². The fourth-order valence-corrected chi connectivity index (χ4v) is 2.09. The molecule has 3 nitrogen and oxygen atoms in total. The summed E-state index contributed by atoms with van der Waals surface area (Å²) in [6, 6.07) is 15.0. The number of hydrogen-bond acceptors (Lipinski definition) is 3. The van der Waals surface area contributed by atoms with Crippen LogP contribution >= 0.6 is 0 Å². The normalized spacial score (nSPS) is 13.3. The van der Waals surface area contributed by atoms with Crippen molar-refractivity contribution in [2.75, 3.05) is 19.9 Å². The Balaban J connectivity index is 1.86. The number of ether oxygens (including phenoxy) is 2. The Kier molecular flexibility index (Phi) is 7.00. The SMILES string of the molecule is CC(O)COc1ccc(Cc2ccc(OCC(F)CF)cc2)cc1. The lowest BCUT2D eigenvalue weighted by atomic mass is 10.0.